The van der Waals surface area contributed by atoms with Gasteiger partial charge in [-0.3, -0.25) is 4.79 Å². The van der Waals surface area contributed by atoms with Crippen molar-refractivity contribution in [1.29, 1.82) is 0 Å². The van der Waals surface area contributed by atoms with E-state index in [9.17, 15) is 4.79 Å². The Kier molecular flexibility index (Phi) is 6.01. The fraction of sp³-hybridized carbons (Fsp3) is 0.276. The predicted octanol–water partition coefficient (Wildman–Crippen LogP) is 6.46. The molecule has 0 saturated heterocycles. The molecule has 0 bridgehead atoms. The highest BCUT2D eigenvalue weighted by atomic mass is 16.5. The molecule has 174 valence electrons. The third-order valence-corrected chi connectivity index (χ3v) is 6.47. The number of rotatable bonds is 5. The Hall–Kier alpha value is -3.73. The molecule has 3 aromatic carbocycles. The molecule has 0 spiro atoms. The average Bonchev–Trinajstić information content (AvgIpc) is 3.01. The van der Waals surface area contributed by atoms with Gasteiger partial charge in [-0.2, -0.15) is 0 Å². The quantitative estimate of drug-likeness (QED) is 0.463. The van der Waals surface area contributed by atoms with Gasteiger partial charge in [-0.05, 0) is 49.9 Å². The van der Waals surface area contributed by atoms with Crippen molar-refractivity contribution in [3.05, 3.63) is 95.2 Å². The Morgan fingerprint density at radius 1 is 0.882 bits per heavy atom. The lowest BCUT2D eigenvalue weighted by molar-refractivity contribution is -0.116. The second-order valence-electron chi connectivity index (χ2n) is 9.12. The number of Topliss-reactive ketones (excluding diaryl/α,β-unsaturated/α-hetero) is 1. The van der Waals surface area contributed by atoms with Crippen LogP contribution in [0.25, 0.3) is 0 Å². The van der Waals surface area contributed by atoms with Crippen molar-refractivity contribution < 1.29 is 14.3 Å². The van der Waals surface area contributed by atoms with Crippen LogP contribution in [-0.2, 0) is 4.79 Å². The highest BCUT2D eigenvalue weighted by Crippen LogP contribution is 2.47. The molecule has 1 aliphatic heterocycles. The molecule has 0 radical (unpaired) electrons. The van der Waals surface area contributed by atoms with Crippen LogP contribution in [0, 0.1) is 0 Å². The molecule has 2 aliphatic rings. The lowest BCUT2D eigenvalue weighted by Gasteiger charge is -2.31. The summed E-state index contributed by atoms with van der Waals surface area (Å²) in [6.07, 6.45) is 1.20. The van der Waals surface area contributed by atoms with E-state index in [1.165, 1.54) is 5.56 Å². The van der Waals surface area contributed by atoms with E-state index in [-0.39, 0.29) is 23.8 Å². The first-order valence-electron chi connectivity index (χ1n) is 11.8. The van der Waals surface area contributed by atoms with Crippen LogP contribution in [0.5, 0.6) is 11.5 Å². The number of para-hydroxylation sites is 3. The van der Waals surface area contributed by atoms with Crippen molar-refractivity contribution in [2.75, 3.05) is 17.7 Å². The molecule has 5 nitrogen and oxygen atoms in total. The highest BCUT2D eigenvalue weighted by molar-refractivity contribution is 6.01. The van der Waals surface area contributed by atoms with Crippen molar-refractivity contribution >= 4 is 17.2 Å². The summed E-state index contributed by atoms with van der Waals surface area (Å²) in [5.41, 5.74) is 5.73. The lowest BCUT2D eigenvalue weighted by atomic mass is 9.78. The zero-order valence-electron chi connectivity index (χ0n) is 19.8. The molecule has 5 rings (SSSR count). The van der Waals surface area contributed by atoms with Crippen LogP contribution in [0.3, 0.4) is 0 Å². The van der Waals surface area contributed by atoms with Gasteiger partial charge in [-0.15, -0.1) is 0 Å². The van der Waals surface area contributed by atoms with Gasteiger partial charge in [-0.25, -0.2) is 0 Å². The first-order chi connectivity index (χ1) is 16.5. The normalized spacial score (nSPS) is 19.5. The maximum Gasteiger partial charge on any atom is 0.167 e. The Balaban J connectivity index is 1.66. The van der Waals surface area contributed by atoms with Gasteiger partial charge in [0.25, 0.3) is 0 Å². The summed E-state index contributed by atoms with van der Waals surface area (Å²) < 4.78 is 11.9. The molecule has 1 heterocycles. The number of methoxy groups -OCH3 is 1. The van der Waals surface area contributed by atoms with E-state index in [4.69, 9.17) is 9.47 Å². The van der Waals surface area contributed by atoms with Crippen LogP contribution >= 0.6 is 0 Å². The SMILES string of the molecule is COc1cccc(C2Nc3ccccc3NC3=C2C(=O)CC(c2ccccc2)C3)c1OC(C)C. The van der Waals surface area contributed by atoms with Crippen LogP contribution in [0.1, 0.15) is 49.8 Å². The molecule has 0 fully saturated rings. The zero-order valence-corrected chi connectivity index (χ0v) is 19.8. The molecule has 0 amide bonds. The van der Waals surface area contributed by atoms with Gasteiger partial charge >= 0.3 is 0 Å². The van der Waals surface area contributed by atoms with Crippen LogP contribution in [0.15, 0.2) is 84.1 Å². The summed E-state index contributed by atoms with van der Waals surface area (Å²) in [6, 6.07) is 23.9. The number of anilines is 2. The van der Waals surface area contributed by atoms with Crippen molar-refractivity contribution in [1.82, 2.24) is 0 Å². The molecule has 5 heteroatoms. The van der Waals surface area contributed by atoms with E-state index in [1.807, 2.05) is 74.5 Å². The maximum atomic E-state index is 13.8. The Bertz CT molecular complexity index is 1230. The second-order valence-corrected chi connectivity index (χ2v) is 9.12. The third kappa shape index (κ3) is 4.14. The molecule has 1 aliphatic carbocycles. The van der Waals surface area contributed by atoms with Gasteiger partial charge in [-0.1, -0.05) is 54.6 Å². The van der Waals surface area contributed by atoms with Crippen molar-refractivity contribution in [3.63, 3.8) is 0 Å². The van der Waals surface area contributed by atoms with Gasteiger partial charge in [0.05, 0.1) is 30.6 Å². The van der Waals surface area contributed by atoms with E-state index >= 15 is 0 Å². The van der Waals surface area contributed by atoms with E-state index in [0.29, 0.717) is 17.9 Å². The molecule has 2 N–H and O–H groups in total. The molecule has 3 aromatic rings. The number of ether oxygens (including phenoxy) is 2. The Labute approximate surface area is 200 Å². The Morgan fingerprint density at radius 2 is 1.62 bits per heavy atom. The summed E-state index contributed by atoms with van der Waals surface area (Å²) in [5.74, 6) is 1.61. The number of allylic oxidation sites excluding steroid dienone is 1. The van der Waals surface area contributed by atoms with E-state index in [0.717, 1.165) is 34.6 Å². The van der Waals surface area contributed by atoms with Gasteiger partial charge in [0.15, 0.2) is 17.3 Å². The number of benzene rings is 3. The summed E-state index contributed by atoms with van der Waals surface area (Å²) in [7, 11) is 1.64. The minimum absolute atomic E-state index is 0.0378. The molecular weight excluding hydrogens is 424 g/mol. The minimum atomic E-state index is -0.362. The second kappa shape index (κ2) is 9.26. The number of ketones is 1. The summed E-state index contributed by atoms with van der Waals surface area (Å²) in [4.78, 5) is 13.8. The molecule has 2 unspecified atom stereocenters. The number of hydrogen-bond acceptors (Lipinski definition) is 5. The summed E-state index contributed by atoms with van der Waals surface area (Å²) >= 11 is 0. The Morgan fingerprint density at radius 3 is 2.35 bits per heavy atom. The molecule has 0 saturated carbocycles. The number of nitrogens with one attached hydrogen (secondary N) is 2. The summed E-state index contributed by atoms with van der Waals surface area (Å²) in [5, 5.41) is 7.25. The number of carbonyl (C=O) groups excluding carboxylic acids is 1. The van der Waals surface area contributed by atoms with Gasteiger partial charge < -0.3 is 20.1 Å². The standard InChI is InChI=1S/C29H30N2O3/c1-18(2)34-29-21(12-9-15-26(29)33-3)28-27-24(30-22-13-7-8-14-23(22)31-28)16-20(17-25(27)32)19-10-5-4-6-11-19/h4-15,18,20,28,30-31H,16-17H2,1-3H3. The van der Waals surface area contributed by atoms with Crippen LogP contribution in [0.4, 0.5) is 11.4 Å². The largest absolute Gasteiger partial charge is 0.493 e. The average molecular weight is 455 g/mol. The fourth-order valence-corrected chi connectivity index (χ4v) is 4.97. The third-order valence-electron chi connectivity index (χ3n) is 6.47. The van der Waals surface area contributed by atoms with Gasteiger partial charge in [0, 0.05) is 23.3 Å². The zero-order chi connectivity index (χ0) is 23.7. The highest BCUT2D eigenvalue weighted by Gasteiger charge is 2.37. The topological polar surface area (TPSA) is 59.6 Å². The van der Waals surface area contributed by atoms with Crippen molar-refractivity contribution in [2.45, 2.75) is 44.8 Å². The number of carbonyl (C=O) groups is 1. The van der Waals surface area contributed by atoms with Crippen LogP contribution in [-0.4, -0.2) is 19.0 Å². The first kappa shape index (κ1) is 22.1. The summed E-state index contributed by atoms with van der Waals surface area (Å²) in [6.45, 7) is 3.99. The van der Waals surface area contributed by atoms with Crippen LogP contribution in [0.2, 0.25) is 0 Å². The number of hydrogen-bond donors (Lipinski definition) is 2. The van der Waals surface area contributed by atoms with Crippen molar-refractivity contribution in [3.8, 4) is 11.5 Å². The fourth-order valence-electron chi connectivity index (χ4n) is 4.97. The smallest absolute Gasteiger partial charge is 0.167 e. The van der Waals surface area contributed by atoms with Crippen LogP contribution < -0.4 is 20.1 Å². The number of fused-ring (bicyclic) bond motifs is 1. The van der Waals surface area contributed by atoms with Gasteiger partial charge in [0.1, 0.15) is 0 Å². The van der Waals surface area contributed by atoms with E-state index < -0.39 is 0 Å². The molecule has 2 atom stereocenters. The molecular formula is C29H30N2O3. The maximum absolute atomic E-state index is 13.8. The minimum Gasteiger partial charge on any atom is -0.493 e. The molecule has 0 aromatic heterocycles. The first-order valence-corrected chi connectivity index (χ1v) is 11.8. The lowest BCUT2D eigenvalue weighted by Crippen LogP contribution is -2.27. The monoisotopic (exact) mass is 454 g/mol. The molecule has 34 heavy (non-hydrogen) atoms. The van der Waals surface area contributed by atoms with Crippen molar-refractivity contribution in [2.24, 2.45) is 0 Å². The van der Waals surface area contributed by atoms with E-state index in [1.54, 1.807) is 7.11 Å². The van der Waals surface area contributed by atoms with Gasteiger partial charge in [0.2, 0.25) is 0 Å². The van der Waals surface area contributed by atoms with E-state index in [2.05, 4.69) is 22.8 Å². The predicted molar refractivity (Wildman–Crippen MR) is 136 cm³/mol.